The summed E-state index contributed by atoms with van der Waals surface area (Å²) in [5.41, 5.74) is 6.91. The highest BCUT2D eigenvalue weighted by Gasteiger charge is 2.14. The van der Waals surface area contributed by atoms with E-state index in [-0.39, 0.29) is 0 Å². The van der Waals surface area contributed by atoms with Gasteiger partial charge < -0.3 is 4.90 Å². The van der Waals surface area contributed by atoms with E-state index in [1.165, 1.54) is 0 Å². The third kappa shape index (κ3) is 4.51. The van der Waals surface area contributed by atoms with Gasteiger partial charge in [-0.15, -0.1) is 0 Å². The molecule has 0 atom stereocenters. The molecule has 0 aliphatic rings. The third-order valence-electron chi connectivity index (χ3n) is 5.44. The summed E-state index contributed by atoms with van der Waals surface area (Å²) < 4.78 is 0. The summed E-state index contributed by atoms with van der Waals surface area (Å²) in [5.74, 6) is 0. The Labute approximate surface area is 194 Å². The van der Waals surface area contributed by atoms with Crippen LogP contribution in [0, 0.1) is 36.5 Å². The SMILES string of the molecule is Cc1nc(C)c(C#N)c(/C=C/c2ccc(N(c3ccccc3)c3ccccc3)cc2)c1C#N. The Morgan fingerprint density at radius 3 is 1.55 bits per heavy atom. The largest absolute Gasteiger partial charge is 0.311 e. The van der Waals surface area contributed by atoms with Crippen LogP contribution in [0.4, 0.5) is 17.1 Å². The molecule has 0 N–H and O–H groups in total. The van der Waals surface area contributed by atoms with Crippen molar-refractivity contribution in [2.24, 2.45) is 0 Å². The molecular weight excluding hydrogens is 404 g/mol. The van der Waals surface area contributed by atoms with Gasteiger partial charge >= 0.3 is 0 Å². The van der Waals surface area contributed by atoms with Crippen molar-refractivity contribution >= 4 is 29.2 Å². The van der Waals surface area contributed by atoms with E-state index in [9.17, 15) is 10.5 Å². The van der Waals surface area contributed by atoms with E-state index >= 15 is 0 Å². The minimum absolute atomic E-state index is 0.435. The molecule has 0 aliphatic heterocycles. The van der Waals surface area contributed by atoms with Crippen molar-refractivity contribution in [2.45, 2.75) is 13.8 Å². The van der Waals surface area contributed by atoms with Gasteiger partial charge in [0.05, 0.1) is 22.5 Å². The minimum atomic E-state index is 0.435. The van der Waals surface area contributed by atoms with Crippen LogP contribution in [-0.2, 0) is 0 Å². The van der Waals surface area contributed by atoms with Crippen molar-refractivity contribution in [3.8, 4) is 12.1 Å². The molecule has 0 saturated carbocycles. The summed E-state index contributed by atoms with van der Waals surface area (Å²) in [7, 11) is 0. The predicted molar refractivity (Wildman–Crippen MR) is 133 cm³/mol. The lowest BCUT2D eigenvalue weighted by Gasteiger charge is -2.25. The minimum Gasteiger partial charge on any atom is -0.311 e. The molecule has 1 heterocycles. The van der Waals surface area contributed by atoms with E-state index < -0.39 is 0 Å². The molecule has 4 aromatic rings. The molecular formula is C29H22N4. The van der Waals surface area contributed by atoms with Gasteiger partial charge in [0.15, 0.2) is 0 Å². The second-order valence-electron chi connectivity index (χ2n) is 7.60. The van der Waals surface area contributed by atoms with Crippen molar-refractivity contribution < 1.29 is 0 Å². The Morgan fingerprint density at radius 2 is 1.09 bits per heavy atom. The molecule has 0 spiro atoms. The summed E-state index contributed by atoms with van der Waals surface area (Å²) in [6, 6.07) is 33.1. The number of anilines is 3. The maximum absolute atomic E-state index is 9.58. The topological polar surface area (TPSA) is 63.7 Å². The van der Waals surface area contributed by atoms with Gasteiger partial charge in [-0.3, -0.25) is 4.98 Å². The molecule has 4 heteroatoms. The van der Waals surface area contributed by atoms with Crippen molar-refractivity contribution in [1.29, 1.82) is 10.5 Å². The maximum atomic E-state index is 9.58. The number of para-hydroxylation sites is 2. The summed E-state index contributed by atoms with van der Waals surface area (Å²) in [5, 5.41) is 19.2. The van der Waals surface area contributed by atoms with Crippen LogP contribution in [0.5, 0.6) is 0 Å². The fourth-order valence-electron chi connectivity index (χ4n) is 3.84. The lowest BCUT2D eigenvalue weighted by Crippen LogP contribution is -2.09. The van der Waals surface area contributed by atoms with Crippen LogP contribution in [0.1, 0.15) is 33.6 Å². The predicted octanol–water partition coefficient (Wildman–Crippen LogP) is 7.08. The van der Waals surface area contributed by atoms with Gasteiger partial charge in [-0.25, -0.2) is 0 Å². The Balaban J connectivity index is 1.70. The number of rotatable bonds is 5. The standard InChI is InChI=1S/C29H22N4/c1-21-28(19-30)27(29(20-31)22(2)32-21)18-15-23-13-16-26(17-14-23)33(24-9-5-3-6-10-24)25-11-7-4-8-12-25/h3-18H,1-2H3/b18-15+. The molecule has 0 aliphatic carbocycles. The monoisotopic (exact) mass is 426 g/mol. The van der Waals surface area contributed by atoms with Crippen LogP contribution in [0.25, 0.3) is 12.2 Å². The van der Waals surface area contributed by atoms with Gasteiger partial charge in [-0.05, 0) is 55.8 Å². The Kier molecular flexibility index (Phi) is 6.30. The molecule has 0 saturated heterocycles. The summed E-state index contributed by atoms with van der Waals surface area (Å²) in [4.78, 5) is 6.53. The van der Waals surface area contributed by atoms with E-state index in [1.807, 2.05) is 60.7 Å². The number of benzene rings is 3. The number of hydrogen-bond acceptors (Lipinski definition) is 4. The third-order valence-corrected chi connectivity index (χ3v) is 5.44. The lowest BCUT2D eigenvalue weighted by atomic mass is 9.99. The first-order chi connectivity index (χ1) is 16.1. The van der Waals surface area contributed by atoms with E-state index in [4.69, 9.17) is 0 Å². The van der Waals surface area contributed by atoms with Gasteiger partial charge in [0.2, 0.25) is 0 Å². The van der Waals surface area contributed by atoms with Crippen LogP contribution in [0.3, 0.4) is 0 Å². The molecule has 0 fully saturated rings. The zero-order valence-electron chi connectivity index (χ0n) is 18.5. The Morgan fingerprint density at radius 1 is 0.636 bits per heavy atom. The zero-order chi connectivity index (χ0) is 23.2. The smallest absolute Gasteiger partial charge is 0.102 e. The van der Waals surface area contributed by atoms with Crippen LogP contribution >= 0.6 is 0 Å². The van der Waals surface area contributed by atoms with Gasteiger partial charge in [0.25, 0.3) is 0 Å². The Bertz CT molecular complexity index is 1300. The number of nitriles is 2. The van der Waals surface area contributed by atoms with Crippen LogP contribution in [0.2, 0.25) is 0 Å². The van der Waals surface area contributed by atoms with Crippen molar-refractivity contribution in [2.75, 3.05) is 4.90 Å². The lowest BCUT2D eigenvalue weighted by molar-refractivity contribution is 1.09. The van der Waals surface area contributed by atoms with Crippen molar-refractivity contribution in [1.82, 2.24) is 4.98 Å². The van der Waals surface area contributed by atoms with Gasteiger partial charge in [0.1, 0.15) is 12.1 Å². The average Bonchev–Trinajstić information content (AvgIpc) is 2.85. The summed E-state index contributed by atoms with van der Waals surface area (Å²) >= 11 is 0. The van der Waals surface area contributed by atoms with Crippen LogP contribution in [0.15, 0.2) is 84.9 Å². The summed E-state index contributed by atoms with van der Waals surface area (Å²) in [6.07, 6.45) is 3.76. The highest BCUT2D eigenvalue weighted by atomic mass is 15.1. The van der Waals surface area contributed by atoms with Crippen molar-refractivity contribution in [3.63, 3.8) is 0 Å². The van der Waals surface area contributed by atoms with E-state index in [0.717, 1.165) is 22.6 Å². The van der Waals surface area contributed by atoms with E-state index in [0.29, 0.717) is 28.1 Å². The highest BCUT2D eigenvalue weighted by Crippen LogP contribution is 2.34. The molecule has 0 amide bonds. The molecule has 1 aromatic heterocycles. The van der Waals surface area contributed by atoms with Crippen LogP contribution < -0.4 is 4.90 Å². The second-order valence-corrected chi connectivity index (χ2v) is 7.60. The molecule has 158 valence electrons. The van der Waals surface area contributed by atoms with E-state index in [1.54, 1.807) is 13.8 Å². The number of nitrogens with zero attached hydrogens (tertiary/aromatic N) is 4. The van der Waals surface area contributed by atoms with Gasteiger partial charge in [-0.2, -0.15) is 10.5 Å². The summed E-state index contributed by atoms with van der Waals surface area (Å²) in [6.45, 7) is 3.58. The molecule has 0 radical (unpaired) electrons. The number of aryl methyl sites for hydroxylation is 2. The Hall–Kier alpha value is -4.67. The quantitative estimate of drug-likeness (QED) is 0.342. The number of aromatic nitrogens is 1. The number of pyridine rings is 1. The number of hydrogen-bond donors (Lipinski definition) is 0. The molecule has 4 rings (SSSR count). The molecule has 4 nitrogen and oxygen atoms in total. The maximum Gasteiger partial charge on any atom is 0.102 e. The normalized spacial score (nSPS) is 10.5. The molecule has 33 heavy (non-hydrogen) atoms. The first-order valence-corrected chi connectivity index (χ1v) is 10.6. The fourth-order valence-corrected chi connectivity index (χ4v) is 3.84. The average molecular weight is 427 g/mol. The van der Waals surface area contributed by atoms with Gasteiger partial charge in [0, 0.05) is 22.6 Å². The first kappa shape index (κ1) is 21.6. The first-order valence-electron chi connectivity index (χ1n) is 10.6. The van der Waals surface area contributed by atoms with Crippen LogP contribution in [-0.4, -0.2) is 4.98 Å². The van der Waals surface area contributed by atoms with E-state index in [2.05, 4.69) is 58.4 Å². The molecule has 0 unspecified atom stereocenters. The highest BCUT2D eigenvalue weighted by molar-refractivity contribution is 5.80. The zero-order valence-corrected chi connectivity index (χ0v) is 18.5. The fraction of sp³-hybridized carbons (Fsp3) is 0.0690. The molecule has 0 bridgehead atoms. The molecule has 3 aromatic carbocycles. The van der Waals surface area contributed by atoms with Gasteiger partial charge in [-0.1, -0.05) is 60.7 Å². The van der Waals surface area contributed by atoms with Crippen molar-refractivity contribution in [3.05, 3.63) is 119 Å². The second kappa shape index (κ2) is 9.64.